The molecule has 0 aliphatic carbocycles. The molecule has 0 unspecified atom stereocenters. The molecule has 0 spiro atoms. The number of hydrogen-bond donors (Lipinski definition) is 1. The van der Waals surface area contributed by atoms with Crippen LogP contribution in [0.15, 0.2) is 39.3 Å². The van der Waals surface area contributed by atoms with Gasteiger partial charge in [-0.15, -0.1) is 0 Å². The highest BCUT2D eigenvalue weighted by Gasteiger charge is 2.17. The zero-order valence-electron chi connectivity index (χ0n) is 9.87. The number of rotatable bonds is 1. The molecule has 0 fully saturated rings. The van der Waals surface area contributed by atoms with Crippen molar-refractivity contribution in [1.29, 1.82) is 0 Å². The minimum Gasteiger partial charge on any atom is -0.369 e. The van der Waals surface area contributed by atoms with Crippen LogP contribution in [0, 0.1) is 11.6 Å². The molecule has 1 aromatic heterocycles. The van der Waals surface area contributed by atoms with E-state index in [2.05, 4.69) is 36.8 Å². The van der Waals surface area contributed by atoms with Gasteiger partial charge in [-0.1, -0.05) is 6.07 Å². The topological polar surface area (TPSA) is 43.8 Å². The molecule has 0 aliphatic heterocycles. The average Bonchev–Trinajstić information content (AvgIpc) is 2.67. The molecule has 7 heteroatoms. The Hall–Kier alpha value is -1.47. The highest BCUT2D eigenvalue weighted by Crippen LogP contribution is 2.32. The van der Waals surface area contributed by atoms with Crippen LogP contribution in [0.4, 0.5) is 14.7 Å². The summed E-state index contributed by atoms with van der Waals surface area (Å²) in [6, 6.07) is 7.32. The van der Waals surface area contributed by atoms with Crippen molar-refractivity contribution in [1.82, 2.24) is 9.55 Å². The van der Waals surface area contributed by atoms with Crippen LogP contribution in [-0.2, 0) is 0 Å². The number of hydrogen-bond acceptors (Lipinski definition) is 2. The van der Waals surface area contributed by atoms with Crippen LogP contribution in [0.25, 0.3) is 16.7 Å². The summed E-state index contributed by atoms with van der Waals surface area (Å²) in [6.45, 7) is 0. The summed E-state index contributed by atoms with van der Waals surface area (Å²) >= 11 is 6.36. The number of halogens is 4. The third-order valence-electron chi connectivity index (χ3n) is 2.88. The molecule has 0 radical (unpaired) electrons. The van der Waals surface area contributed by atoms with Crippen LogP contribution in [0.2, 0.25) is 0 Å². The molecule has 0 atom stereocenters. The van der Waals surface area contributed by atoms with Crippen LogP contribution in [0.1, 0.15) is 0 Å². The van der Waals surface area contributed by atoms with Gasteiger partial charge in [0.05, 0.1) is 21.2 Å². The van der Waals surface area contributed by atoms with Crippen LogP contribution < -0.4 is 5.73 Å². The van der Waals surface area contributed by atoms with Crippen molar-refractivity contribution >= 4 is 48.8 Å². The number of para-hydroxylation sites is 1. The van der Waals surface area contributed by atoms with E-state index in [-0.39, 0.29) is 16.1 Å². The molecule has 1 heterocycles. The molecule has 0 aliphatic rings. The lowest BCUT2D eigenvalue weighted by Gasteiger charge is -2.10. The highest BCUT2D eigenvalue weighted by molar-refractivity contribution is 9.10. The summed E-state index contributed by atoms with van der Waals surface area (Å²) in [7, 11) is 0. The first kappa shape index (κ1) is 13.5. The van der Waals surface area contributed by atoms with E-state index >= 15 is 0 Å². The van der Waals surface area contributed by atoms with Gasteiger partial charge in [-0.2, -0.15) is 0 Å². The van der Waals surface area contributed by atoms with Gasteiger partial charge in [0.15, 0.2) is 0 Å². The minimum atomic E-state index is -0.478. The SMILES string of the molecule is Nc1nc2cc(Br)c(F)cc2n1-c1c(F)cccc1Br. The Kier molecular flexibility index (Phi) is 3.25. The number of aromatic nitrogens is 2. The lowest BCUT2D eigenvalue weighted by atomic mass is 10.2. The van der Waals surface area contributed by atoms with E-state index in [9.17, 15) is 8.78 Å². The summed E-state index contributed by atoms with van der Waals surface area (Å²) in [6.07, 6.45) is 0. The predicted molar refractivity (Wildman–Crippen MR) is 80.8 cm³/mol. The van der Waals surface area contributed by atoms with E-state index in [1.165, 1.54) is 22.8 Å². The number of benzene rings is 2. The van der Waals surface area contributed by atoms with E-state index in [0.29, 0.717) is 15.5 Å². The summed E-state index contributed by atoms with van der Waals surface area (Å²) in [5.74, 6) is -0.858. The Morgan fingerprint density at radius 3 is 2.50 bits per heavy atom. The minimum absolute atomic E-state index is 0.0864. The van der Waals surface area contributed by atoms with Crippen molar-refractivity contribution < 1.29 is 8.78 Å². The lowest BCUT2D eigenvalue weighted by molar-refractivity contribution is 0.616. The number of fused-ring (bicyclic) bond motifs is 1. The van der Waals surface area contributed by atoms with Crippen LogP contribution >= 0.6 is 31.9 Å². The second-order valence-electron chi connectivity index (χ2n) is 4.13. The Balaban J connectivity index is 2.42. The van der Waals surface area contributed by atoms with E-state index in [4.69, 9.17) is 5.73 Å². The van der Waals surface area contributed by atoms with Crippen molar-refractivity contribution in [3.63, 3.8) is 0 Å². The average molecular weight is 403 g/mol. The number of nitrogens with zero attached hydrogens (tertiary/aromatic N) is 2. The maximum absolute atomic E-state index is 14.1. The fraction of sp³-hybridized carbons (Fsp3) is 0. The summed E-state index contributed by atoms with van der Waals surface area (Å²) in [5, 5.41) is 0. The van der Waals surface area contributed by atoms with Gasteiger partial charge >= 0.3 is 0 Å². The van der Waals surface area contributed by atoms with Gasteiger partial charge in [-0.3, -0.25) is 4.57 Å². The van der Waals surface area contributed by atoms with Crippen molar-refractivity contribution in [3.8, 4) is 5.69 Å². The molecular formula is C13H7Br2F2N3. The van der Waals surface area contributed by atoms with Gasteiger partial charge in [0.2, 0.25) is 5.95 Å². The summed E-state index contributed by atoms with van der Waals surface area (Å²) < 4.78 is 30.0. The molecule has 3 nitrogen and oxygen atoms in total. The largest absolute Gasteiger partial charge is 0.369 e. The first-order valence-electron chi connectivity index (χ1n) is 5.56. The molecule has 3 rings (SSSR count). The molecule has 0 amide bonds. The number of nitrogen functional groups attached to an aromatic ring is 1. The van der Waals surface area contributed by atoms with Gasteiger partial charge < -0.3 is 5.73 Å². The van der Waals surface area contributed by atoms with E-state index in [1.54, 1.807) is 12.1 Å². The molecule has 20 heavy (non-hydrogen) atoms. The third-order valence-corrected chi connectivity index (χ3v) is 4.13. The Morgan fingerprint density at radius 1 is 1.05 bits per heavy atom. The molecule has 102 valence electrons. The van der Waals surface area contributed by atoms with Crippen LogP contribution in [0.5, 0.6) is 0 Å². The maximum atomic E-state index is 14.1. The maximum Gasteiger partial charge on any atom is 0.206 e. The third kappa shape index (κ3) is 2.01. The zero-order chi connectivity index (χ0) is 14.4. The van der Waals surface area contributed by atoms with Crippen LogP contribution in [0.3, 0.4) is 0 Å². The van der Waals surface area contributed by atoms with Crippen molar-refractivity contribution in [3.05, 3.63) is 50.9 Å². The zero-order valence-corrected chi connectivity index (χ0v) is 13.0. The second-order valence-corrected chi connectivity index (χ2v) is 5.84. The molecule has 2 N–H and O–H groups in total. The first-order valence-corrected chi connectivity index (χ1v) is 7.15. The molecule has 0 saturated heterocycles. The van der Waals surface area contributed by atoms with E-state index in [0.717, 1.165) is 0 Å². The predicted octanol–water partition coefficient (Wildman–Crippen LogP) is 4.41. The number of nitrogens with two attached hydrogens (primary N) is 1. The number of anilines is 1. The lowest BCUT2D eigenvalue weighted by Crippen LogP contribution is -2.04. The molecule has 3 aromatic rings. The fourth-order valence-corrected chi connectivity index (χ4v) is 2.88. The van der Waals surface area contributed by atoms with Gasteiger partial charge in [0.1, 0.15) is 11.6 Å². The van der Waals surface area contributed by atoms with Gasteiger partial charge in [-0.05, 0) is 50.1 Å². The Bertz CT molecular complexity index is 810. The monoisotopic (exact) mass is 401 g/mol. The second kappa shape index (κ2) is 4.82. The smallest absolute Gasteiger partial charge is 0.206 e. The van der Waals surface area contributed by atoms with E-state index in [1.807, 2.05) is 0 Å². The number of imidazole rings is 1. The molecule has 0 saturated carbocycles. The van der Waals surface area contributed by atoms with Crippen molar-refractivity contribution in [2.75, 3.05) is 5.73 Å². The molecule has 0 bridgehead atoms. The normalized spacial score (nSPS) is 11.2. The molecular weight excluding hydrogens is 396 g/mol. The van der Waals surface area contributed by atoms with E-state index < -0.39 is 11.6 Å². The Labute approximate surface area is 129 Å². The van der Waals surface area contributed by atoms with Crippen LogP contribution in [-0.4, -0.2) is 9.55 Å². The molecule has 2 aromatic carbocycles. The first-order chi connectivity index (χ1) is 9.49. The van der Waals surface area contributed by atoms with Gasteiger partial charge in [0, 0.05) is 10.5 Å². The van der Waals surface area contributed by atoms with Crippen molar-refractivity contribution in [2.45, 2.75) is 0 Å². The summed E-state index contributed by atoms with van der Waals surface area (Å²) in [5.41, 5.74) is 6.93. The highest BCUT2D eigenvalue weighted by atomic mass is 79.9. The van der Waals surface area contributed by atoms with Crippen molar-refractivity contribution in [2.24, 2.45) is 0 Å². The van der Waals surface area contributed by atoms with Gasteiger partial charge in [0.25, 0.3) is 0 Å². The summed E-state index contributed by atoms with van der Waals surface area (Å²) in [4.78, 5) is 4.13. The van der Waals surface area contributed by atoms with Gasteiger partial charge in [-0.25, -0.2) is 13.8 Å². The Morgan fingerprint density at radius 2 is 1.80 bits per heavy atom. The standard InChI is InChI=1S/C13H7Br2F2N3/c14-6-2-1-3-8(16)12(6)20-11-5-9(17)7(15)4-10(11)19-13(20)18/h1-5H,(H2,18,19). The quantitative estimate of drug-likeness (QED) is 0.655. The fourth-order valence-electron chi connectivity index (χ4n) is 2.03.